The van der Waals surface area contributed by atoms with Crippen molar-refractivity contribution in [3.05, 3.63) is 21.9 Å². The summed E-state index contributed by atoms with van der Waals surface area (Å²) in [6.45, 7) is 4.45. The van der Waals surface area contributed by atoms with E-state index in [4.69, 9.17) is 5.73 Å². The Morgan fingerprint density at radius 3 is 2.67 bits per heavy atom. The van der Waals surface area contributed by atoms with Gasteiger partial charge in [0.15, 0.2) is 0 Å². The first-order valence-electron chi connectivity index (χ1n) is 6.15. The highest BCUT2D eigenvalue weighted by molar-refractivity contribution is 7.13. The fourth-order valence-electron chi connectivity index (χ4n) is 2.31. The van der Waals surface area contributed by atoms with Crippen molar-refractivity contribution in [1.29, 1.82) is 0 Å². The number of amides is 2. The summed E-state index contributed by atoms with van der Waals surface area (Å²) in [5.41, 5.74) is 5.34. The molecule has 1 aromatic rings. The molecule has 0 aromatic carbocycles. The molecular formula is C13H18N2O2S. The first-order chi connectivity index (χ1) is 8.49. The molecule has 0 saturated carbocycles. The number of likely N-dealkylation sites (tertiary alicyclic amines) is 1. The van der Waals surface area contributed by atoms with Crippen LogP contribution in [0.2, 0.25) is 0 Å². The van der Waals surface area contributed by atoms with Crippen molar-refractivity contribution in [2.24, 2.45) is 11.7 Å². The lowest BCUT2D eigenvalue weighted by molar-refractivity contribution is -0.123. The molecule has 2 heterocycles. The molecule has 98 valence electrons. The van der Waals surface area contributed by atoms with Gasteiger partial charge in [0.1, 0.15) is 0 Å². The van der Waals surface area contributed by atoms with E-state index < -0.39 is 0 Å². The smallest absolute Gasteiger partial charge is 0.264 e. The summed E-state index contributed by atoms with van der Waals surface area (Å²) in [7, 11) is 0. The minimum absolute atomic E-state index is 0.0200. The third-order valence-corrected chi connectivity index (χ3v) is 4.49. The second kappa shape index (κ2) is 5.10. The topological polar surface area (TPSA) is 63.4 Å². The molecular weight excluding hydrogens is 248 g/mol. The van der Waals surface area contributed by atoms with E-state index >= 15 is 0 Å². The van der Waals surface area contributed by atoms with Crippen LogP contribution in [-0.4, -0.2) is 29.3 Å². The van der Waals surface area contributed by atoms with Gasteiger partial charge < -0.3 is 10.6 Å². The van der Waals surface area contributed by atoms with Crippen LogP contribution in [0.5, 0.6) is 0 Å². The van der Waals surface area contributed by atoms with Crippen molar-refractivity contribution in [3.63, 3.8) is 0 Å². The standard InChI is InChI=1S/C13H18N2O2S/c1-8-3-5-10(12(14)16)7-15(8)13(17)11-6-4-9(2)18-11/h4,6,8,10H,3,5,7H2,1-2H3,(H2,14,16)/t8-,10+/m0/s1. The number of carbonyl (C=O) groups excluding carboxylic acids is 2. The van der Waals surface area contributed by atoms with Crippen molar-refractivity contribution < 1.29 is 9.59 Å². The van der Waals surface area contributed by atoms with Gasteiger partial charge in [0.2, 0.25) is 5.91 Å². The van der Waals surface area contributed by atoms with E-state index in [1.165, 1.54) is 11.3 Å². The molecule has 4 nitrogen and oxygen atoms in total. The molecule has 1 aliphatic rings. The Hall–Kier alpha value is -1.36. The molecule has 2 atom stereocenters. The molecule has 5 heteroatoms. The molecule has 1 saturated heterocycles. The van der Waals surface area contributed by atoms with E-state index in [1.54, 1.807) is 4.90 Å². The van der Waals surface area contributed by atoms with Gasteiger partial charge in [-0.05, 0) is 38.8 Å². The summed E-state index contributed by atoms with van der Waals surface area (Å²) in [5.74, 6) is -0.486. The third-order valence-electron chi connectivity index (χ3n) is 3.50. The summed E-state index contributed by atoms with van der Waals surface area (Å²) in [5, 5.41) is 0. The average Bonchev–Trinajstić information content (AvgIpc) is 2.75. The Kier molecular flexibility index (Phi) is 3.71. The lowest BCUT2D eigenvalue weighted by Crippen LogP contribution is -2.48. The van der Waals surface area contributed by atoms with E-state index in [9.17, 15) is 9.59 Å². The van der Waals surface area contributed by atoms with Crippen molar-refractivity contribution >= 4 is 23.2 Å². The number of primary amides is 1. The Morgan fingerprint density at radius 2 is 2.11 bits per heavy atom. The number of aryl methyl sites for hydroxylation is 1. The van der Waals surface area contributed by atoms with Gasteiger partial charge in [-0.15, -0.1) is 11.3 Å². The van der Waals surface area contributed by atoms with Gasteiger partial charge in [0.25, 0.3) is 5.91 Å². The molecule has 18 heavy (non-hydrogen) atoms. The number of hydrogen-bond acceptors (Lipinski definition) is 3. The summed E-state index contributed by atoms with van der Waals surface area (Å²) in [6.07, 6.45) is 1.62. The molecule has 1 aliphatic heterocycles. The predicted molar refractivity (Wildman–Crippen MR) is 71.5 cm³/mol. The van der Waals surface area contributed by atoms with Gasteiger partial charge in [0, 0.05) is 17.5 Å². The Morgan fingerprint density at radius 1 is 1.39 bits per heavy atom. The van der Waals surface area contributed by atoms with E-state index in [0.29, 0.717) is 6.54 Å². The Labute approximate surface area is 111 Å². The highest BCUT2D eigenvalue weighted by atomic mass is 32.1. The number of thiophene rings is 1. The second-order valence-corrected chi connectivity index (χ2v) is 6.18. The zero-order chi connectivity index (χ0) is 13.3. The molecule has 0 radical (unpaired) electrons. The summed E-state index contributed by atoms with van der Waals surface area (Å²) >= 11 is 1.49. The highest BCUT2D eigenvalue weighted by Crippen LogP contribution is 2.25. The summed E-state index contributed by atoms with van der Waals surface area (Å²) in [6, 6.07) is 3.97. The number of hydrogen-bond donors (Lipinski definition) is 1. The average molecular weight is 266 g/mol. The maximum absolute atomic E-state index is 12.4. The number of piperidine rings is 1. The van der Waals surface area contributed by atoms with Crippen LogP contribution in [0.3, 0.4) is 0 Å². The maximum Gasteiger partial charge on any atom is 0.264 e. The fourth-order valence-corrected chi connectivity index (χ4v) is 3.14. The maximum atomic E-state index is 12.4. The van der Waals surface area contributed by atoms with Crippen LogP contribution in [0.1, 0.15) is 34.3 Å². The number of nitrogens with zero attached hydrogens (tertiary/aromatic N) is 1. The van der Waals surface area contributed by atoms with Crippen LogP contribution < -0.4 is 5.73 Å². The van der Waals surface area contributed by atoms with Crippen LogP contribution in [0.4, 0.5) is 0 Å². The lowest BCUT2D eigenvalue weighted by atomic mass is 9.93. The molecule has 2 rings (SSSR count). The van der Waals surface area contributed by atoms with Crippen LogP contribution in [-0.2, 0) is 4.79 Å². The van der Waals surface area contributed by atoms with Crippen molar-refractivity contribution in [2.75, 3.05) is 6.54 Å². The zero-order valence-corrected chi connectivity index (χ0v) is 11.5. The number of rotatable bonds is 2. The number of nitrogens with two attached hydrogens (primary N) is 1. The molecule has 0 aliphatic carbocycles. The predicted octanol–water partition coefficient (Wildman–Crippen LogP) is 1.78. The normalized spacial score (nSPS) is 24.0. The minimum atomic E-state index is -0.304. The molecule has 0 bridgehead atoms. The van der Waals surface area contributed by atoms with Crippen LogP contribution in [0, 0.1) is 12.8 Å². The molecule has 1 aromatic heterocycles. The molecule has 1 fully saturated rings. The summed E-state index contributed by atoms with van der Waals surface area (Å²) in [4.78, 5) is 27.3. The summed E-state index contributed by atoms with van der Waals surface area (Å²) < 4.78 is 0. The number of carbonyl (C=O) groups is 2. The SMILES string of the molecule is Cc1ccc(C(=O)N2C[C@H](C(N)=O)CC[C@@H]2C)s1. The first-order valence-corrected chi connectivity index (χ1v) is 6.97. The monoisotopic (exact) mass is 266 g/mol. The fraction of sp³-hybridized carbons (Fsp3) is 0.538. The third kappa shape index (κ3) is 2.56. The Bertz CT molecular complexity index is 469. The van der Waals surface area contributed by atoms with E-state index in [2.05, 4.69) is 0 Å². The van der Waals surface area contributed by atoms with E-state index in [0.717, 1.165) is 22.6 Å². The van der Waals surface area contributed by atoms with Gasteiger partial charge in [-0.25, -0.2) is 0 Å². The largest absolute Gasteiger partial charge is 0.369 e. The van der Waals surface area contributed by atoms with Gasteiger partial charge in [-0.1, -0.05) is 0 Å². The zero-order valence-electron chi connectivity index (χ0n) is 10.7. The molecule has 2 amide bonds. The van der Waals surface area contributed by atoms with Crippen molar-refractivity contribution in [2.45, 2.75) is 32.7 Å². The van der Waals surface area contributed by atoms with Gasteiger partial charge in [0.05, 0.1) is 10.8 Å². The molecule has 0 unspecified atom stereocenters. The second-order valence-electron chi connectivity index (χ2n) is 4.89. The van der Waals surface area contributed by atoms with Crippen LogP contribution in [0.25, 0.3) is 0 Å². The van der Waals surface area contributed by atoms with E-state index in [-0.39, 0.29) is 23.8 Å². The first kappa shape index (κ1) is 13.1. The molecule has 0 spiro atoms. The van der Waals surface area contributed by atoms with Crippen molar-refractivity contribution in [1.82, 2.24) is 4.90 Å². The Balaban J connectivity index is 2.15. The minimum Gasteiger partial charge on any atom is -0.369 e. The molecule has 2 N–H and O–H groups in total. The van der Waals surface area contributed by atoms with Gasteiger partial charge >= 0.3 is 0 Å². The van der Waals surface area contributed by atoms with Crippen LogP contribution >= 0.6 is 11.3 Å². The van der Waals surface area contributed by atoms with Gasteiger partial charge in [-0.3, -0.25) is 9.59 Å². The lowest BCUT2D eigenvalue weighted by Gasteiger charge is -2.36. The van der Waals surface area contributed by atoms with Crippen molar-refractivity contribution in [3.8, 4) is 0 Å². The van der Waals surface area contributed by atoms with Crippen LogP contribution in [0.15, 0.2) is 12.1 Å². The van der Waals surface area contributed by atoms with Gasteiger partial charge in [-0.2, -0.15) is 0 Å². The van der Waals surface area contributed by atoms with E-state index in [1.807, 2.05) is 26.0 Å². The highest BCUT2D eigenvalue weighted by Gasteiger charge is 2.32. The quantitative estimate of drug-likeness (QED) is 0.887.